The van der Waals surface area contributed by atoms with Gasteiger partial charge in [0.1, 0.15) is 0 Å². The molecule has 0 spiro atoms. The molecule has 4 N–H and O–H groups in total. The quantitative estimate of drug-likeness (QED) is 0.451. The minimum Gasteiger partial charge on any atom is -0.370 e. The second-order valence-electron chi connectivity index (χ2n) is 3.52. The smallest absolute Gasteiger partial charge is 0.188 e. The first-order valence-corrected chi connectivity index (χ1v) is 4.86. The summed E-state index contributed by atoms with van der Waals surface area (Å²) in [4.78, 5) is 9.33. The van der Waals surface area contributed by atoms with Crippen molar-refractivity contribution in [3.8, 4) is 0 Å². The summed E-state index contributed by atoms with van der Waals surface area (Å²) < 4.78 is 0. The Bertz CT molecular complexity index is 343. The van der Waals surface area contributed by atoms with Crippen LogP contribution in [0.25, 0.3) is 0 Å². The first-order valence-electron chi connectivity index (χ1n) is 4.86. The standard InChI is InChI=1S/C9H15N5/c1-2-7-8-6(12-5-13-8)3-4-14(7)9(10)11/h5,7H,2-4H2,1H3,(H3,10,11)(H,12,13). The Morgan fingerprint density at radius 1 is 1.86 bits per heavy atom. The van der Waals surface area contributed by atoms with Crippen LogP contribution >= 0.6 is 0 Å². The van der Waals surface area contributed by atoms with Gasteiger partial charge in [0, 0.05) is 18.7 Å². The van der Waals surface area contributed by atoms with Crippen molar-refractivity contribution in [3.05, 3.63) is 17.7 Å². The van der Waals surface area contributed by atoms with Gasteiger partial charge in [0.05, 0.1) is 18.1 Å². The molecule has 0 saturated heterocycles. The Balaban J connectivity index is 2.34. The molecule has 0 saturated carbocycles. The van der Waals surface area contributed by atoms with Crippen LogP contribution in [0.1, 0.15) is 30.8 Å². The number of hydrogen-bond acceptors (Lipinski definition) is 2. The molecule has 0 fully saturated rings. The average Bonchev–Trinajstić information content (AvgIpc) is 2.63. The summed E-state index contributed by atoms with van der Waals surface area (Å²) in [6.07, 6.45) is 3.54. The van der Waals surface area contributed by atoms with E-state index in [0.29, 0.717) is 0 Å². The van der Waals surface area contributed by atoms with E-state index < -0.39 is 0 Å². The van der Waals surface area contributed by atoms with Crippen LogP contribution in [0.15, 0.2) is 6.33 Å². The highest BCUT2D eigenvalue weighted by molar-refractivity contribution is 5.75. The number of hydrogen-bond donors (Lipinski definition) is 3. The summed E-state index contributed by atoms with van der Waals surface area (Å²) in [6.45, 7) is 2.90. The third kappa shape index (κ3) is 1.25. The van der Waals surface area contributed by atoms with E-state index in [1.807, 2.05) is 4.90 Å². The number of H-pyrrole nitrogens is 1. The number of fused-ring (bicyclic) bond motifs is 1. The van der Waals surface area contributed by atoms with E-state index >= 15 is 0 Å². The van der Waals surface area contributed by atoms with E-state index in [-0.39, 0.29) is 12.0 Å². The molecule has 0 bridgehead atoms. The minimum absolute atomic E-state index is 0.144. The largest absolute Gasteiger partial charge is 0.370 e. The van der Waals surface area contributed by atoms with Crippen LogP contribution in [0.4, 0.5) is 0 Å². The maximum Gasteiger partial charge on any atom is 0.188 e. The van der Waals surface area contributed by atoms with Gasteiger partial charge in [-0.25, -0.2) is 4.98 Å². The fourth-order valence-corrected chi connectivity index (χ4v) is 2.06. The molecule has 1 aliphatic rings. The van der Waals surface area contributed by atoms with Crippen LogP contribution in [0.5, 0.6) is 0 Å². The van der Waals surface area contributed by atoms with Crippen LogP contribution < -0.4 is 5.73 Å². The molecule has 0 aromatic carbocycles. The predicted molar refractivity (Wildman–Crippen MR) is 53.9 cm³/mol. The highest BCUT2D eigenvalue weighted by atomic mass is 15.3. The van der Waals surface area contributed by atoms with Crippen molar-refractivity contribution < 1.29 is 0 Å². The third-order valence-corrected chi connectivity index (χ3v) is 2.74. The fourth-order valence-electron chi connectivity index (χ4n) is 2.06. The average molecular weight is 193 g/mol. The SMILES string of the molecule is CCC1c2nc[nH]c2CCN1C(=N)N. The summed E-state index contributed by atoms with van der Waals surface area (Å²) in [5.41, 5.74) is 7.77. The molecular formula is C9H15N5. The normalized spacial score (nSPS) is 20.6. The molecule has 1 aromatic heterocycles. The predicted octanol–water partition coefficient (Wildman–Crippen LogP) is 0.612. The Morgan fingerprint density at radius 3 is 3.29 bits per heavy atom. The summed E-state index contributed by atoms with van der Waals surface area (Å²) in [5, 5.41) is 7.48. The summed E-state index contributed by atoms with van der Waals surface area (Å²) in [6, 6.07) is 0.169. The van der Waals surface area contributed by atoms with Crippen LogP contribution in [0, 0.1) is 5.41 Å². The number of nitrogens with zero attached hydrogens (tertiary/aromatic N) is 2. The van der Waals surface area contributed by atoms with Gasteiger partial charge in [-0.3, -0.25) is 5.41 Å². The van der Waals surface area contributed by atoms with Gasteiger partial charge >= 0.3 is 0 Å². The summed E-state index contributed by atoms with van der Waals surface area (Å²) in [5.74, 6) is 0.144. The van der Waals surface area contributed by atoms with E-state index in [1.54, 1.807) is 6.33 Å². The van der Waals surface area contributed by atoms with Gasteiger partial charge < -0.3 is 15.6 Å². The van der Waals surface area contributed by atoms with Gasteiger partial charge in [-0.15, -0.1) is 0 Å². The molecule has 5 heteroatoms. The molecule has 0 amide bonds. The molecule has 76 valence electrons. The fraction of sp³-hybridized carbons (Fsp3) is 0.556. The van der Waals surface area contributed by atoms with Crippen molar-refractivity contribution in [2.24, 2.45) is 5.73 Å². The molecule has 0 radical (unpaired) electrons. The topological polar surface area (TPSA) is 81.8 Å². The van der Waals surface area contributed by atoms with Gasteiger partial charge in [0.25, 0.3) is 0 Å². The number of nitrogens with one attached hydrogen (secondary N) is 2. The molecule has 1 aliphatic heterocycles. The lowest BCUT2D eigenvalue weighted by molar-refractivity contribution is 0.280. The van der Waals surface area contributed by atoms with Gasteiger partial charge in [0.15, 0.2) is 5.96 Å². The van der Waals surface area contributed by atoms with Gasteiger partial charge in [-0.1, -0.05) is 6.92 Å². The van der Waals surface area contributed by atoms with Gasteiger partial charge in [-0.2, -0.15) is 0 Å². The molecule has 1 unspecified atom stereocenters. The van der Waals surface area contributed by atoms with Crippen molar-refractivity contribution in [2.75, 3.05) is 6.54 Å². The van der Waals surface area contributed by atoms with Gasteiger partial charge in [0.2, 0.25) is 0 Å². The summed E-state index contributed by atoms with van der Waals surface area (Å²) >= 11 is 0. The molecule has 2 heterocycles. The lowest BCUT2D eigenvalue weighted by Gasteiger charge is -2.34. The number of aromatic nitrogens is 2. The second-order valence-corrected chi connectivity index (χ2v) is 3.52. The van der Waals surface area contributed by atoms with Crippen LogP contribution in [0.3, 0.4) is 0 Å². The van der Waals surface area contributed by atoms with Crippen molar-refractivity contribution in [3.63, 3.8) is 0 Å². The number of rotatable bonds is 1. The van der Waals surface area contributed by atoms with E-state index in [1.165, 1.54) is 5.69 Å². The number of aromatic amines is 1. The van der Waals surface area contributed by atoms with E-state index in [9.17, 15) is 0 Å². The second kappa shape index (κ2) is 3.32. The van der Waals surface area contributed by atoms with Crippen molar-refractivity contribution >= 4 is 5.96 Å². The zero-order valence-corrected chi connectivity index (χ0v) is 8.25. The van der Waals surface area contributed by atoms with Crippen LogP contribution in [0.2, 0.25) is 0 Å². The monoisotopic (exact) mass is 193 g/mol. The lowest BCUT2D eigenvalue weighted by atomic mass is 10.0. The van der Waals surface area contributed by atoms with Crippen LogP contribution in [-0.4, -0.2) is 27.4 Å². The Hall–Kier alpha value is -1.52. The molecule has 14 heavy (non-hydrogen) atoms. The maximum atomic E-state index is 7.48. The van der Waals surface area contributed by atoms with Crippen LogP contribution in [-0.2, 0) is 6.42 Å². The first-order chi connectivity index (χ1) is 6.74. The Labute approximate surface area is 82.8 Å². The van der Waals surface area contributed by atoms with E-state index in [4.69, 9.17) is 11.1 Å². The lowest BCUT2D eigenvalue weighted by Crippen LogP contribution is -2.43. The van der Waals surface area contributed by atoms with E-state index in [0.717, 1.165) is 25.1 Å². The number of imidazole rings is 1. The zero-order chi connectivity index (χ0) is 10.1. The molecule has 1 aromatic rings. The van der Waals surface area contributed by atoms with Crippen molar-refractivity contribution in [1.82, 2.24) is 14.9 Å². The van der Waals surface area contributed by atoms with E-state index in [2.05, 4.69) is 16.9 Å². The molecular weight excluding hydrogens is 178 g/mol. The van der Waals surface area contributed by atoms with Crippen molar-refractivity contribution in [1.29, 1.82) is 5.41 Å². The first kappa shape index (κ1) is 9.05. The van der Waals surface area contributed by atoms with Crippen molar-refractivity contribution in [2.45, 2.75) is 25.8 Å². The maximum absolute atomic E-state index is 7.48. The Kier molecular flexibility index (Phi) is 2.15. The molecule has 0 aliphatic carbocycles. The number of guanidine groups is 1. The molecule has 1 atom stereocenters. The Morgan fingerprint density at radius 2 is 2.64 bits per heavy atom. The highest BCUT2D eigenvalue weighted by Gasteiger charge is 2.28. The zero-order valence-electron chi connectivity index (χ0n) is 8.25. The summed E-state index contributed by atoms with van der Waals surface area (Å²) in [7, 11) is 0. The number of nitrogens with two attached hydrogens (primary N) is 1. The molecule has 2 rings (SSSR count). The highest BCUT2D eigenvalue weighted by Crippen LogP contribution is 2.28. The molecule has 5 nitrogen and oxygen atoms in total. The third-order valence-electron chi connectivity index (χ3n) is 2.74. The minimum atomic E-state index is 0.144. The van der Waals surface area contributed by atoms with Gasteiger partial charge in [-0.05, 0) is 6.42 Å².